The van der Waals surface area contributed by atoms with Gasteiger partial charge in [0.25, 0.3) is 0 Å². The second kappa shape index (κ2) is 3.57. The van der Waals surface area contributed by atoms with E-state index in [0.717, 1.165) is 16.8 Å². The number of amides is 1. The van der Waals surface area contributed by atoms with Gasteiger partial charge < -0.3 is 4.90 Å². The Morgan fingerprint density at radius 1 is 0.950 bits per heavy atom. The highest BCUT2D eigenvalue weighted by Gasteiger charge is 2.56. The van der Waals surface area contributed by atoms with Crippen LogP contribution in [0.3, 0.4) is 0 Å². The van der Waals surface area contributed by atoms with Crippen LogP contribution in [0.5, 0.6) is 0 Å². The number of nitrogens with zero attached hydrogens (tertiary/aromatic N) is 1. The molecule has 4 rings (SSSR count). The van der Waals surface area contributed by atoms with Crippen molar-refractivity contribution >= 4 is 17.4 Å². The fourth-order valence-electron chi connectivity index (χ4n) is 3.60. The maximum absolute atomic E-state index is 12.9. The van der Waals surface area contributed by atoms with E-state index < -0.39 is 5.41 Å². The van der Waals surface area contributed by atoms with Gasteiger partial charge in [0.1, 0.15) is 5.41 Å². The molecule has 3 nitrogen and oxygen atoms in total. The van der Waals surface area contributed by atoms with Gasteiger partial charge in [-0.2, -0.15) is 0 Å². The summed E-state index contributed by atoms with van der Waals surface area (Å²) < 4.78 is 0. The Hall–Kier alpha value is -2.42. The predicted octanol–water partition coefficient (Wildman–Crippen LogP) is 2.54. The highest BCUT2D eigenvalue weighted by Crippen LogP contribution is 2.52. The molecule has 1 atom stereocenters. The van der Waals surface area contributed by atoms with Gasteiger partial charge in [0.2, 0.25) is 5.91 Å². The zero-order valence-corrected chi connectivity index (χ0v) is 11.1. The van der Waals surface area contributed by atoms with Crippen LogP contribution in [0.2, 0.25) is 0 Å². The lowest BCUT2D eigenvalue weighted by atomic mass is 9.76. The molecule has 98 valence electrons. The van der Waals surface area contributed by atoms with Gasteiger partial charge in [-0.05, 0) is 17.2 Å². The van der Waals surface area contributed by atoms with E-state index in [2.05, 4.69) is 0 Å². The SMILES string of the molecule is CN1C(=O)C2(CC(=O)c3ccccc32)c2ccccc21. The van der Waals surface area contributed by atoms with Gasteiger partial charge in [0.15, 0.2) is 5.78 Å². The first-order chi connectivity index (χ1) is 9.66. The van der Waals surface area contributed by atoms with Crippen LogP contribution in [-0.4, -0.2) is 18.7 Å². The number of hydrogen-bond acceptors (Lipinski definition) is 2. The molecule has 0 bridgehead atoms. The van der Waals surface area contributed by atoms with Gasteiger partial charge in [-0.25, -0.2) is 0 Å². The maximum Gasteiger partial charge on any atom is 0.242 e. The zero-order valence-electron chi connectivity index (χ0n) is 11.1. The van der Waals surface area contributed by atoms with Crippen molar-refractivity contribution in [3.8, 4) is 0 Å². The van der Waals surface area contributed by atoms with Crippen LogP contribution in [0.1, 0.15) is 27.9 Å². The van der Waals surface area contributed by atoms with Gasteiger partial charge >= 0.3 is 0 Å². The normalized spacial score (nSPS) is 23.4. The van der Waals surface area contributed by atoms with Crippen molar-refractivity contribution in [2.75, 3.05) is 11.9 Å². The molecule has 0 fully saturated rings. The second-order valence-corrected chi connectivity index (χ2v) is 5.43. The molecule has 1 unspecified atom stereocenters. The largest absolute Gasteiger partial charge is 0.314 e. The molecule has 1 aliphatic heterocycles. The smallest absolute Gasteiger partial charge is 0.242 e. The minimum atomic E-state index is -0.807. The molecular formula is C17H13NO2. The maximum atomic E-state index is 12.9. The van der Waals surface area contributed by atoms with Gasteiger partial charge in [-0.15, -0.1) is 0 Å². The first-order valence-corrected chi connectivity index (χ1v) is 6.66. The van der Waals surface area contributed by atoms with E-state index in [1.54, 1.807) is 11.9 Å². The van der Waals surface area contributed by atoms with E-state index in [1.165, 1.54) is 0 Å². The molecule has 2 aromatic rings. The van der Waals surface area contributed by atoms with E-state index in [0.29, 0.717) is 5.56 Å². The molecule has 2 aromatic carbocycles. The summed E-state index contributed by atoms with van der Waals surface area (Å²) in [6, 6.07) is 15.2. The number of carbonyl (C=O) groups excluding carboxylic acids is 2. The Balaban J connectivity index is 2.09. The van der Waals surface area contributed by atoms with E-state index in [4.69, 9.17) is 0 Å². The molecular weight excluding hydrogens is 250 g/mol. The number of ketones is 1. The lowest BCUT2D eigenvalue weighted by molar-refractivity contribution is -0.121. The summed E-state index contributed by atoms with van der Waals surface area (Å²) in [5.41, 5.74) is 2.59. The molecule has 0 saturated heterocycles. The van der Waals surface area contributed by atoms with Crippen LogP contribution in [-0.2, 0) is 10.2 Å². The van der Waals surface area contributed by atoms with E-state index in [1.807, 2.05) is 48.5 Å². The van der Waals surface area contributed by atoms with Crippen LogP contribution in [0.15, 0.2) is 48.5 Å². The number of benzene rings is 2. The highest BCUT2D eigenvalue weighted by atomic mass is 16.2. The lowest BCUT2D eigenvalue weighted by Gasteiger charge is -2.23. The summed E-state index contributed by atoms with van der Waals surface area (Å²) in [7, 11) is 1.78. The molecule has 0 N–H and O–H groups in total. The monoisotopic (exact) mass is 263 g/mol. The number of Topliss-reactive ketones (excluding diaryl/α,β-unsaturated/α-hetero) is 1. The average Bonchev–Trinajstić information content (AvgIpc) is 2.90. The van der Waals surface area contributed by atoms with Gasteiger partial charge in [-0.3, -0.25) is 9.59 Å². The summed E-state index contributed by atoms with van der Waals surface area (Å²) in [5.74, 6) is 0.0519. The standard InChI is InChI=1S/C17H13NO2/c1-18-14-9-5-4-8-13(14)17(16(18)20)10-15(19)11-6-2-3-7-12(11)17/h2-9H,10H2,1H3. The quantitative estimate of drug-likeness (QED) is 0.732. The van der Waals surface area contributed by atoms with Gasteiger partial charge in [-0.1, -0.05) is 42.5 Å². The zero-order chi connectivity index (χ0) is 13.9. The van der Waals surface area contributed by atoms with Crippen molar-refractivity contribution in [2.24, 2.45) is 0 Å². The Morgan fingerprint density at radius 2 is 1.60 bits per heavy atom. The topological polar surface area (TPSA) is 37.4 Å². The Bertz CT molecular complexity index is 765. The third-order valence-electron chi connectivity index (χ3n) is 4.51. The molecule has 1 amide bonds. The second-order valence-electron chi connectivity index (χ2n) is 5.43. The summed E-state index contributed by atoms with van der Waals surface area (Å²) in [4.78, 5) is 26.9. The van der Waals surface area contributed by atoms with Crippen molar-refractivity contribution in [2.45, 2.75) is 11.8 Å². The summed E-state index contributed by atoms with van der Waals surface area (Å²) in [6.45, 7) is 0. The molecule has 20 heavy (non-hydrogen) atoms. The Kier molecular flexibility index (Phi) is 2.04. The van der Waals surface area contributed by atoms with Crippen LogP contribution < -0.4 is 4.90 Å². The Labute approximate surface area is 116 Å². The third-order valence-corrected chi connectivity index (χ3v) is 4.51. The number of rotatable bonds is 0. The van der Waals surface area contributed by atoms with Crippen molar-refractivity contribution in [3.05, 3.63) is 65.2 Å². The average molecular weight is 263 g/mol. The lowest BCUT2D eigenvalue weighted by Crippen LogP contribution is -2.38. The molecule has 1 aliphatic carbocycles. The third kappa shape index (κ3) is 1.11. The minimum Gasteiger partial charge on any atom is -0.314 e. The van der Waals surface area contributed by atoms with Crippen LogP contribution in [0.25, 0.3) is 0 Å². The number of likely N-dealkylation sites (N-methyl/N-ethyl adjacent to an activating group) is 1. The molecule has 0 aromatic heterocycles. The van der Waals surface area contributed by atoms with Gasteiger partial charge in [0, 0.05) is 24.7 Å². The highest BCUT2D eigenvalue weighted by molar-refractivity contribution is 6.18. The molecule has 0 saturated carbocycles. The first kappa shape index (κ1) is 11.4. The molecule has 3 heteroatoms. The van der Waals surface area contributed by atoms with Crippen LogP contribution in [0.4, 0.5) is 5.69 Å². The summed E-state index contributed by atoms with van der Waals surface area (Å²) in [6.07, 6.45) is 0.243. The number of anilines is 1. The Morgan fingerprint density at radius 3 is 2.40 bits per heavy atom. The van der Waals surface area contributed by atoms with Crippen LogP contribution >= 0.6 is 0 Å². The van der Waals surface area contributed by atoms with E-state index in [9.17, 15) is 9.59 Å². The van der Waals surface area contributed by atoms with Crippen LogP contribution in [0, 0.1) is 0 Å². The van der Waals surface area contributed by atoms with Crippen molar-refractivity contribution in [3.63, 3.8) is 0 Å². The van der Waals surface area contributed by atoms with Crippen molar-refractivity contribution in [1.29, 1.82) is 0 Å². The van der Waals surface area contributed by atoms with E-state index >= 15 is 0 Å². The van der Waals surface area contributed by atoms with Crippen molar-refractivity contribution in [1.82, 2.24) is 0 Å². The summed E-state index contributed by atoms with van der Waals surface area (Å²) in [5, 5.41) is 0. The summed E-state index contributed by atoms with van der Waals surface area (Å²) >= 11 is 0. The molecule has 1 heterocycles. The number of para-hydroxylation sites is 1. The fourth-order valence-corrected chi connectivity index (χ4v) is 3.60. The van der Waals surface area contributed by atoms with Gasteiger partial charge in [0.05, 0.1) is 0 Å². The molecule has 2 aliphatic rings. The van der Waals surface area contributed by atoms with E-state index in [-0.39, 0.29) is 18.1 Å². The minimum absolute atomic E-state index is 0.00278. The number of carbonyl (C=O) groups is 2. The fraction of sp³-hybridized carbons (Fsp3) is 0.176. The number of fused-ring (bicyclic) bond motifs is 4. The van der Waals surface area contributed by atoms with Crippen molar-refractivity contribution < 1.29 is 9.59 Å². The molecule has 0 radical (unpaired) electrons. The number of hydrogen-bond donors (Lipinski definition) is 0. The predicted molar refractivity (Wildman–Crippen MR) is 76.0 cm³/mol. The first-order valence-electron chi connectivity index (χ1n) is 6.66. The molecule has 1 spiro atoms.